The minimum Gasteiger partial charge on any atom is -0.0622 e. The van der Waals surface area contributed by atoms with E-state index in [-0.39, 0.29) is 15.1 Å². The van der Waals surface area contributed by atoms with E-state index in [2.05, 4.69) is 194 Å². The van der Waals surface area contributed by atoms with Crippen LogP contribution in [0.1, 0.15) is 0 Å². The molecule has 0 radical (unpaired) electrons. The average molecular weight is 795 g/mol. The Labute approximate surface area is 307 Å². The van der Waals surface area contributed by atoms with Crippen molar-refractivity contribution in [1.82, 2.24) is 0 Å². The largest absolute Gasteiger partial charge is 0.0622 e. The molecule has 0 bridgehead atoms. The van der Waals surface area contributed by atoms with Crippen molar-refractivity contribution in [3.8, 4) is 11.1 Å². The molecule has 0 aliphatic heterocycles. The number of fused-ring (bicyclic) bond motifs is 2. The quantitative estimate of drug-likeness (QED) is 0.111. The monoisotopic (exact) mass is 794 g/mol. The van der Waals surface area contributed by atoms with E-state index in [0.29, 0.717) is 0 Å². The summed E-state index contributed by atoms with van der Waals surface area (Å²) in [5.41, 5.74) is 2.70. The van der Waals surface area contributed by atoms with E-state index in [9.17, 15) is 0 Å². The number of benzene rings is 8. The Hall–Kier alpha value is -3.66. The first kappa shape index (κ1) is 33.8. The first-order valence-electron chi connectivity index (χ1n) is 16.0. The third-order valence-electron chi connectivity index (χ3n) is 8.60. The van der Waals surface area contributed by atoms with Crippen LogP contribution in [-0.4, -0.2) is 0 Å². The molecule has 8 aromatic carbocycles. The van der Waals surface area contributed by atoms with Gasteiger partial charge in [0.05, 0.1) is 0 Å². The fraction of sp³-hybridized carbons (Fsp3) is 0. The Morgan fingerprint density at radius 3 is 0.878 bits per heavy atom. The van der Waals surface area contributed by atoms with E-state index in [0.717, 1.165) is 0 Å². The van der Waals surface area contributed by atoms with Crippen LogP contribution in [0.2, 0.25) is 0 Å². The molecular formula is C44H32Cl2P2Ru. The first-order valence-corrected chi connectivity index (χ1v) is 23.1. The second kappa shape index (κ2) is 16.4. The van der Waals surface area contributed by atoms with Gasteiger partial charge in [-0.1, -0.05) is 194 Å². The number of hydrogen-bond acceptors (Lipinski definition) is 0. The summed E-state index contributed by atoms with van der Waals surface area (Å²) in [6.45, 7) is 0. The molecule has 0 aliphatic carbocycles. The molecule has 0 spiro atoms. The van der Waals surface area contributed by atoms with Gasteiger partial charge in [0.25, 0.3) is 0 Å². The molecule has 0 heterocycles. The fourth-order valence-electron chi connectivity index (χ4n) is 6.58. The maximum Gasteiger partial charge on any atom is -0.000884 e. The zero-order valence-electron chi connectivity index (χ0n) is 26.5. The van der Waals surface area contributed by atoms with E-state index < -0.39 is 15.8 Å². The summed E-state index contributed by atoms with van der Waals surface area (Å²) < 4.78 is 0. The van der Waals surface area contributed by atoms with Gasteiger partial charge in [-0.15, -0.1) is 0 Å². The van der Waals surface area contributed by atoms with Crippen LogP contribution in [0.15, 0.2) is 194 Å². The first-order chi connectivity index (χ1) is 24.3. The van der Waals surface area contributed by atoms with Crippen molar-refractivity contribution in [2.45, 2.75) is 0 Å². The maximum atomic E-state index is 4.85. The minimum absolute atomic E-state index is 0.346. The Kier molecular flexibility index (Phi) is 11.3. The summed E-state index contributed by atoms with van der Waals surface area (Å²) in [6, 6.07) is 71.8. The van der Waals surface area contributed by atoms with Crippen LogP contribution < -0.4 is 31.8 Å². The summed E-state index contributed by atoms with van der Waals surface area (Å²) in [5, 5.41) is 13.3. The molecule has 0 saturated carbocycles. The Bertz CT molecular complexity index is 2040. The van der Waals surface area contributed by atoms with Gasteiger partial charge in [-0.3, -0.25) is 0 Å². The molecule has 0 aromatic heterocycles. The summed E-state index contributed by atoms with van der Waals surface area (Å²) in [7, 11) is 8.00. The van der Waals surface area contributed by atoms with Gasteiger partial charge in [0.2, 0.25) is 0 Å². The van der Waals surface area contributed by atoms with Crippen LogP contribution in [0.3, 0.4) is 0 Å². The molecule has 0 atom stereocenters. The number of hydrogen-bond donors (Lipinski definition) is 0. The average Bonchev–Trinajstić information content (AvgIpc) is 3.17. The topological polar surface area (TPSA) is 0 Å². The van der Waals surface area contributed by atoms with Crippen LogP contribution >= 0.6 is 35.2 Å². The SMILES string of the molecule is [Cl][Ru][Cl].c1ccc(P(c2ccccc2)c2ccc3ccccc3c2-c2c(P(c3ccccc3)c3ccccc3)ccc3ccccc23)cc1. The van der Waals surface area contributed by atoms with Gasteiger partial charge in [-0.2, -0.15) is 0 Å². The van der Waals surface area contributed by atoms with Crippen LogP contribution in [0.25, 0.3) is 32.7 Å². The van der Waals surface area contributed by atoms with Gasteiger partial charge in [0.15, 0.2) is 0 Å². The normalized spacial score (nSPS) is 11.2. The zero-order chi connectivity index (χ0) is 33.4. The molecule has 0 amide bonds. The summed E-state index contributed by atoms with van der Waals surface area (Å²) in [4.78, 5) is 0. The molecule has 0 aliphatic rings. The Morgan fingerprint density at radius 2 is 0.571 bits per heavy atom. The van der Waals surface area contributed by atoms with Crippen LogP contribution in [0.4, 0.5) is 0 Å². The van der Waals surface area contributed by atoms with Gasteiger partial charge in [0, 0.05) is 0 Å². The van der Waals surface area contributed by atoms with Crippen molar-refractivity contribution in [3.63, 3.8) is 0 Å². The van der Waals surface area contributed by atoms with E-state index in [1.54, 1.807) is 0 Å². The second-order valence-corrected chi connectivity index (χ2v) is 18.4. The van der Waals surface area contributed by atoms with Gasteiger partial charge in [0.1, 0.15) is 0 Å². The second-order valence-electron chi connectivity index (χ2n) is 11.4. The standard InChI is InChI=1S/C44H32P2.2ClH.Ru/c1-5-19-35(20-6-1)45(36-21-7-2-8-22-36)41-31-29-33-17-13-15-27-39(33)43(41)44-40-28-16-14-18-34(40)30-32-42(44)46(37-23-9-3-10-24-37)38-25-11-4-12-26-38;;;/h1-32H;2*1H;/q;;;+2/p-2. The van der Waals surface area contributed by atoms with Crippen LogP contribution in [0, 0.1) is 0 Å². The van der Waals surface area contributed by atoms with Crippen molar-refractivity contribution >= 4 is 88.6 Å². The van der Waals surface area contributed by atoms with Crippen LogP contribution in [-0.2, 0) is 15.1 Å². The molecule has 0 saturated heterocycles. The summed E-state index contributed by atoms with van der Waals surface area (Å²) >= 11 is -0.346. The summed E-state index contributed by atoms with van der Waals surface area (Å²) in [6.07, 6.45) is 0. The number of halogens is 2. The van der Waals surface area contributed by atoms with E-state index in [4.69, 9.17) is 19.4 Å². The Balaban J connectivity index is 0.00000122. The third-order valence-corrected chi connectivity index (χ3v) is 13.6. The smallest absolute Gasteiger partial charge is 0.000884 e. The van der Waals surface area contributed by atoms with Gasteiger partial charge < -0.3 is 0 Å². The predicted molar refractivity (Wildman–Crippen MR) is 216 cm³/mol. The molecule has 0 fully saturated rings. The molecular weight excluding hydrogens is 762 g/mol. The molecule has 0 N–H and O–H groups in total. The van der Waals surface area contributed by atoms with Gasteiger partial charge in [-0.05, 0) is 80.3 Å². The summed E-state index contributed by atoms with van der Waals surface area (Å²) in [5.74, 6) is 0. The van der Waals surface area contributed by atoms with Gasteiger partial charge in [-0.25, -0.2) is 0 Å². The van der Waals surface area contributed by atoms with Crippen molar-refractivity contribution in [3.05, 3.63) is 194 Å². The van der Waals surface area contributed by atoms with Crippen molar-refractivity contribution in [2.24, 2.45) is 0 Å². The predicted octanol–water partition coefficient (Wildman–Crippen LogP) is 10.6. The molecule has 8 rings (SSSR count). The van der Waals surface area contributed by atoms with Crippen LogP contribution in [0.5, 0.6) is 0 Å². The fourth-order valence-corrected chi connectivity index (χ4v) is 11.5. The number of rotatable bonds is 7. The van der Waals surface area contributed by atoms with E-state index in [1.807, 2.05) is 0 Å². The van der Waals surface area contributed by atoms with Crippen molar-refractivity contribution in [2.75, 3.05) is 0 Å². The molecule has 8 aromatic rings. The van der Waals surface area contributed by atoms with E-state index in [1.165, 1.54) is 64.5 Å². The molecule has 240 valence electrons. The molecule has 5 heteroatoms. The zero-order valence-corrected chi connectivity index (χ0v) is 31.5. The molecule has 49 heavy (non-hydrogen) atoms. The van der Waals surface area contributed by atoms with Crippen molar-refractivity contribution < 1.29 is 15.1 Å². The van der Waals surface area contributed by atoms with E-state index >= 15 is 0 Å². The Morgan fingerprint density at radius 1 is 0.306 bits per heavy atom. The minimum atomic E-state index is -0.852. The molecule has 0 unspecified atom stereocenters. The van der Waals surface area contributed by atoms with Crippen molar-refractivity contribution in [1.29, 1.82) is 0 Å². The molecule has 0 nitrogen and oxygen atoms in total. The van der Waals surface area contributed by atoms with Gasteiger partial charge >= 0.3 is 34.5 Å². The maximum absolute atomic E-state index is 4.85. The third kappa shape index (κ3) is 7.30.